The smallest absolute Gasteiger partial charge is 0.228 e. The van der Waals surface area contributed by atoms with E-state index < -0.39 is 11.8 Å². The van der Waals surface area contributed by atoms with Gasteiger partial charge in [0.2, 0.25) is 11.8 Å². The number of nitrogens with one attached hydrogen (secondary N) is 1. The Kier molecular flexibility index (Phi) is 4.39. The summed E-state index contributed by atoms with van der Waals surface area (Å²) >= 11 is 12.5. The predicted molar refractivity (Wildman–Crippen MR) is 104 cm³/mol. The van der Waals surface area contributed by atoms with E-state index in [9.17, 15) is 5.26 Å². The molecule has 2 atom stereocenters. The van der Waals surface area contributed by atoms with Gasteiger partial charge in [0.05, 0.1) is 17.5 Å². The maximum atomic E-state index is 9.71. The van der Waals surface area contributed by atoms with Crippen LogP contribution in [0.3, 0.4) is 0 Å². The largest absolute Gasteiger partial charge is 0.423 e. The highest BCUT2D eigenvalue weighted by molar-refractivity contribution is 6.35. The maximum Gasteiger partial charge on any atom is 0.228 e. The Morgan fingerprint density at radius 2 is 1.93 bits per heavy atom. The third-order valence-electron chi connectivity index (χ3n) is 4.63. The van der Waals surface area contributed by atoms with E-state index in [1.807, 2.05) is 37.3 Å². The summed E-state index contributed by atoms with van der Waals surface area (Å²) in [5.74, 6) is -0.957. The summed E-state index contributed by atoms with van der Waals surface area (Å²) in [5.41, 5.74) is 3.01. The molecule has 0 aliphatic carbocycles. The first-order chi connectivity index (χ1) is 13.0. The van der Waals surface area contributed by atoms with Gasteiger partial charge in [0.15, 0.2) is 0 Å². The SMILES string of the molecule is Cc1nn(-c2ccccc2)c2c1C(c1ccc(Cl)cc1Cl)C(C#N)C(=N)O2. The minimum atomic E-state index is -0.803. The summed E-state index contributed by atoms with van der Waals surface area (Å²) in [6, 6.07) is 16.9. The molecule has 134 valence electrons. The molecule has 4 rings (SSSR count). The normalized spacial score (nSPS) is 18.5. The Balaban J connectivity index is 1.97. The Morgan fingerprint density at radius 3 is 2.59 bits per heavy atom. The maximum absolute atomic E-state index is 9.71. The number of rotatable bonds is 2. The molecule has 0 saturated carbocycles. The first-order valence-corrected chi connectivity index (χ1v) is 9.02. The predicted octanol–water partition coefficient (Wildman–Crippen LogP) is 5.13. The van der Waals surface area contributed by atoms with Gasteiger partial charge < -0.3 is 4.74 Å². The van der Waals surface area contributed by atoms with E-state index in [4.69, 9.17) is 33.3 Å². The van der Waals surface area contributed by atoms with E-state index in [2.05, 4.69) is 11.2 Å². The quantitative estimate of drug-likeness (QED) is 0.652. The van der Waals surface area contributed by atoms with E-state index in [0.717, 1.165) is 22.5 Å². The van der Waals surface area contributed by atoms with Crippen LogP contribution in [-0.4, -0.2) is 15.7 Å². The molecule has 2 unspecified atom stereocenters. The number of benzene rings is 2. The van der Waals surface area contributed by atoms with Gasteiger partial charge in [0.1, 0.15) is 5.92 Å². The van der Waals surface area contributed by atoms with Crippen LogP contribution in [0.1, 0.15) is 22.7 Å². The fourth-order valence-electron chi connectivity index (χ4n) is 3.43. The second-order valence-electron chi connectivity index (χ2n) is 6.27. The molecule has 3 aromatic rings. The highest BCUT2D eigenvalue weighted by Gasteiger charge is 2.42. The monoisotopic (exact) mass is 396 g/mol. The molecule has 0 amide bonds. The highest BCUT2D eigenvalue weighted by Crippen LogP contribution is 2.46. The third-order valence-corrected chi connectivity index (χ3v) is 5.20. The lowest BCUT2D eigenvalue weighted by atomic mass is 9.79. The van der Waals surface area contributed by atoms with Crippen molar-refractivity contribution in [2.75, 3.05) is 0 Å². The molecule has 1 aromatic heterocycles. The number of aryl methyl sites for hydroxylation is 1. The van der Waals surface area contributed by atoms with Crippen molar-refractivity contribution in [1.82, 2.24) is 9.78 Å². The number of fused-ring (bicyclic) bond motifs is 1. The lowest BCUT2D eigenvalue weighted by molar-refractivity contribution is 0.424. The summed E-state index contributed by atoms with van der Waals surface area (Å²) in [7, 11) is 0. The van der Waals surface area contributed by atoms with Crippen molar-refractivity contribution in [2.45, 2.75) is 12.8 Å². The third kappa shape index (κ3) is 2.87. The van der Waals surface area contributed by atoms with Crippen molar-refractivity contribution >= 4 is 29.1 Å². The molecule has 5 nitrogen and oxygen atoms in total. The van der Waals surface area contributed by atoms with Crippen molar-refractivity contribution in [3.8, 4) is 17.6 Å². The first kappa shape index (κ1) is 17.6. The Morgan fingerprint density at radius 1 is 1.19 bits per heavy atom. The van der Waals surface area contributed by atoms with Crippen LogP contribution in [-0.2, 0) is 0 Å². The molecule has 2 heterocycles. The van der Waals surface area contributed by atoms with E-state index in [1.165, 1.54) is 0 Å². The summed E-state index contributed by atoms with van der Waals surface area (Å²) in [4.78, 5) is 0. The molecular formula is C20H14Cl2N4O. The van der Waals surface area contributed by atoms with Gasteiger partial charge in [-0.1, -0.05) is 47.5 Å². The summed E-state index contributed by atoms with van der Waals surface area (Å²) in [6.07, 6.45) is 0. The van der Waals surface area contributed by atoms with Crippen molar-refractivity contribution < 1.29 is 4.74 Å². The van der Waals surface area contributed by atoms with Crippen LogP contribution in [0.15, 0.2) is 48.5 Å². The zero-order valence-electron chi connectivity index (χ0n) is 14.3. The van der Waals surface area contributed by atoms with Gasteiger partial charge in [0, 0.05) is 21.5 Å². The van der Waals surface area contributed by atoms with Gasteiger partial charge >= 0.3 is 0 Å². The number of nitrogens with zero attached hydrogens (tertiary/aromatic N) is 3. The molecule has 1 aliphatic heterocycles. The Hall–Kier alpha value is -2.81. The molecule has 0 radical (unpaired) electrons. The molecule has 2 aromatic carbocycles. The van der Waals surface area contributed by atoms with Gasteiger partial charge in [-0.05, 0) is 36.8 Å². The number of ether oxygens (including phenoxy) is 1. The van der Waals surface area contributed by atoms with Gasteiger partial charge in [-0.25, -0.2) is 4.68 Å². The van der Waals surface area contributed by atoms with Crippen LogP contribution in [0.25, 0.3) is 5.69 Å². The van der Waals surface area contributed by atoms with Crippen molar-refractivity contribution in [1.29, 1.82) is 10.7 Å². The average molecular weight is 397 g/mol. The Labute approximate surface area is 166 Å². The number of aromatic nitrogens is 2. The van der Waals surface area contributed by atoms with Crippen LogP contribution >= 0.6 is 23.2 Å². The number of halogens is 2. The molecule has 1 N–H and O–H groups in total. The number of hydrogen-bond donors (Lipinski definition) is 1. The molecule has 0 fully saturated rings. The molecule has 0 bridgehead atoms. The average Bonchev–Trinajstić information content (AvgIpc) is 2.98. The number of hydrogen-bond acceptors (Lipinski definition) is 4. The lowest BCUT2D eigenvalue weighted by Crippen LogP contribution is -2.31. The summed E-state index contributed by atoms with van der Waals surface area (Å²) in [5, 5.41) is 23.6. The van der Waals surface area contributed by atoms with Crippen LogP contribution in [0, 0.1) is 29.6 Å². The standard InChI is InChI=1S/C20H14Cl2N4O/c1-11-17-18(14-8-7-12(21)9-16(14)22)15(10-23)19(24)27-20(17)26(25-11)13-5-3-2-4-6-13/h2-9,15,18,24H,1H3. The fourth-order valence-corrected chi connectivity index (χ4v) is 3.95. The number of para-hydroxylation sites is 1. The van der Waals surface area contributed by atoms with E-state index in [0.29, 0.717) is 15.9 Å². The van der Waals surface area contributed by atoms with Crippen molar-refractivity contribution in [3.05, 3.63) is 75.4 Å². The van der Waals surface area contributed by atoms with Gasteiger partial charge in [-0.2, -0.15) is 10.4 Å². The minimum Gasteiger partial charge on any atom is -0.423 e. The van der Waals surface area contributed by atoms with Crippen molar-refractivity contribution in [2.24, 2.45) is 5.92 Å². The summed E-state index contributed by atoms with van der Waals surface area (Å²) in [6.45, 7) is 1.86. The molecule has 7 heteroatoms. The van der Waals surface area contributed by atoms with Crippen LogP contribution < -0.4 is 4.74 Å². The topological polar surface area (TPSA) is 74.7 Å². The highest BCUT2D eigenvalue weighted by atomic mass is 35.5. The van der Waals surface area contributed by atoms with E-state index >= 15 is 0 Å². The second-order valence-corrected chi connectivity index (χ2v) is 7.11. The van der Waals surface area contributed by atoms with Gasteiger partial charge in [-0.3, -0.25) is 5.41 Å². The Bertz CT molecular complexity index is 1090. The fraction of sp³-hybridized carbons (Fsp3) is 0.150. The first-order valence-electron chi connectivity index (χ1n) is 8.27. The zero-order valence-corrected chi connectivity index (χ0v) is 15.8. The van der Waals surface area contributed by atoms with E-state index in [1.54, 1.807) is 22.9 Å². The van der Waals surface area contributed by atoms with Gasteiger partial charge in [0.25, 0.3) is 0 Å². The molecule has 0 spiro atoms. The minimum absolute atomic E-state index is 0.127. The van der Waals surface area contributed by atoms with Crippen LogP contribution in [0.2, 0.25) is 10.0 Å². The molecular weight excluding hydrogens is 383 g/mol. The number of nitriles is 1. The van der Waals surface area contributed by atoms with Crippen molar-refractivity contribution in [3.63, 3.8) is 0 Å². The molecule has 0 saturated heterocycles. The lowest BCUT2D eigenvalue weighted by Gasteiger charge is -2.29. The van der Waals surface area contributed by atoms with Crippen LogP contribution in [0.4, 0.5) is 0 Å². The zero-order chi connectivity index (χ0) is 19.1. The summed E-state index contributed by atoms with van der Waals surface area (Å²) < 4.78 is 7.41. The molecule has 1 aliphatic rings. The van der Waals surface area contributed by atoms with E-state index in [-0.39, 0.29) is 5.90 Å². The van der Waals surface area contributed by atoms with Crippen LogP contribution in [0.5, 0.6) is 5.88 Å². The molecule has 27 heavy (non-hydrogen) atoms. The van der Waals surface area contributed by atoms with Gasteiger partial charge in [-0.15, -0.1) is 0 Å². The second kappa shape index (κ2) is 6.73.